The molecule has 96 valence electrons. The summed E-state index contributed by atoms with van der Waals surface area (Å²) in [6.45, 7) is 0.428. The third kappa shape index (κ3) is 3.73. The molecule has 0 spiro atoms. The molecule has 2 rings (SSSR count). The molecular weight excluding hydrogens is 261 g/mol. The number of halogens is 1. The van der Waals surface area contributed by atoms with Crippen LogP contribution in [-0.2, 0) is 0 Å². The zero-order valence-corrected chi connectivity index (χ0v) is 11.0. The van der Waals surface area contributed by atoms with Gasteiger partial charge in [-0.05, 0) is 24.3 Å². The summed E-state index contributed by atoms with van der Waals surface area (Å²) in [5, 5.41) is 8.90. The van der Waals surface area contributed by atoms with Gasteiger partial charge in [-0.25, -0.2) is 4.39 Å². The van der Waals surface area contributed by atoms with Crippen LogP contribution in [0.3, 0.4) is 0 Å². The molecule has 0 aliphatic heterocycles. The molecule has 0 amide bonds. The number of nitrogens with zero attached hydrogens (tertiary/aromatic N) is 1. The van der Waals surface area contributed by atoms with Crippen molar-refractivity contribution in [2.24, 2.45) is 0 Å². The van der Waals surface area contributed by atoms with Crippen LogP contribution in [0.5, 0.6) is 5.75 Å². The van der Waals surface area contributed by atoms with Crippen molar-refractivity contribution >= 4 is 11.8 Å². The van der Waals surface area contributed by atoms with Crippen molar-refractivity contribution in [2.75, 3.05) is 12.4 Å². The molecule has 0 bridgehead atoms. The fourth-order valence-electron chi connectivity index (χ4n) is 1.55. The average Bonchev–Trinajstić information content (AvgIpc) is 2.45. The lowest BCUT2D eigenvalue weighted by Gasteiger charge is -2.07. The van der Waals surface area contributed by atoms with Gasteiger partial charge in [0, 0.05) is 10.6 Å². The number of nitriles is 1. The lowest BCUT2D eigenvalue weighted by atomic mass is 10.2. The predicted octanol–water partition coefficient (Wildman–Crippen LogP) is 3.87. The van der Waals surface area contributed by atoms with Crippen LogP contribution in [0.2, 0.25) is 0 Å². The summed E-state index contributed by atoms with van der Waals surface area (Å²) in [6, 6.07) is 15.8. The first-order valence-corrected chi connectivity index (χ1v) is 6.79. The Morgan fingerprint density at radius 3 is 2.63 bits per heavy atom. The minimum atomic E-state index is -0.218. The van der Waals surface area contributed by atoms with Gasteiger partial charge in [0.25, 0.3) is 0 Å². The smallest absolute Gasteiger partial charge is 0.137 e. The Hall–Kier alpha value is -1.99. The molecule has 0 fully saturated rings. The summed E-state index contributed by atoms with van der Waals surface area (Å²) in [6.07, 6.45) is 0. The molecule has 0 aliphatic carbocycles. The Balaban J connectivity index is 1.85. The molecule has 4 heteroatoms. The highest BCUT2D eigenvalue weighted by Crippen LogP contribution is 2.22. The Morgan fingerprint density at radius 2 is 1.84 bits per heavy atom. The maximum absolute atomic E-state index is 13.4. The molecule has 0 heterocycles. The van der Waals surface area contributed by atoms with E-state index in [0.29, 0.717) is 28.6 Å². The van der Waals surface area contributed by atoms with Gasteiger partial charge >= 0.3 is 0 Å². The SMILES string of the molecule is N#Cc1ccccc1OCCSc1ccccc1F. The number of hydrogen-bond acceptors (Lipinski definition) is 3. The van der Waals surface area contributed by atoms with Crippen LogP contribution in [0.25, 0.3) is 0 Å². The van der Waals surface area contributed by atoms with Crippen LogP contribution >= 0.6 is 11.8 Å². The van der Waals surface area contributed by atoms with Crippen LogP contribution in [0.4, 0.5) is 4.39 Å². The van der Waals surface area contributed by atoms with E-state index >= 15 is 0 Å². The second-order valence-electron chi connectivity index (χ2n) is 3.74. The first-order valence-electron chi connectivity index (χ1n) is 5.80. The number of rotatable bonds is 5. The van der Waals surface area contributed by atoms with E-state index in [1.165, 1.54) is 17.8 Å². The molecule has 2 aromatic rings. The first-order chi connectivity index (χ1) is 9.31. The largest absolute Gasteiger partial charge is 0.491 e. The van der Waals surface area contributed by atoms with E-state index < -0.39 is 0 Å². The van der Waals surface area contributed by atoms with Gasteiger partial charge in [0.15, 0.2) is 0 Å². The number of ether oxygens (including phenoxy) is 1. The lowest BCUT2D eigenvalue weighted by Crippen LogP contribution is -2.01. The van der Waals surface area contributed by atoms with Crippen molar-refractivity contribution in [1.82, 2.24) is 0 Å². The van der Waals surface area contributed by atoms with Gasteiger partial charge in [0.05, 0.1) is 12.2 Å². The fraction of sp³-hybridized carbons (Fsp3) is 0.133. The summed E-state index contributed by atoms with van der Waals surface area (Å²) >= 11 is 1.40. The summed E-state index contributed by atoms with van der Waals surface area (Å²) in [7, 11) is 0. The third-order valence-corrected chi connectivity index (χ3v) is 3.46. The predicted molar refractivity (Wildman–Crippen MR) is 73.8 cm³/mol. The molecule has 0 aliphatic rings. The average molecular weight is 273 g/mol. The summed E-state index contributed by atoms with van der Waals surface area (Å²) in [5.74, 6) is 0.977. The maximum atomic E-state index is 13.4. The van der Waals surface area contributed by atoms with Gasteiger partial charge < -0.3 is 4.74 Å². The summed E-state index contributed by atoms with van der Waals surface area (Å²) in [5.41, 5.74) is 0.512. The molecule has 0 radical (unpaired) electrons. The Labute approximate surface area is 115 Å². The van der Waals surface area contributed by atoms with Crippen molar-refractivity contribution in [3.05, 3.63) is 59.9 Å². The van der Waals surface area contributed by atoms with Crippen LogP contribution in [0.1, 0.15) is 5.56 Å². The van der Waals surface area contributed by atoms with Gasteiger partial charge in [-0.1, -0.05) is 24.3 Å². The Bertz CT molecular complexity index is 595. The van der Waals surface area contributed by atoms with E-state index in [0.717, 1.165) is 0 Å². The molecule has 0 unspecified atom stereocenters. The number of hydrogen-bond donors (Lipinski definition) is 0. The quantitative estimate of drug-likeness (QED) is 0.612. The van der Waals surface area contributed by atoms with Crippen LogP contribution in [0, 0.1) is 17.1 Å². The first kappa shape index (κ1) is 13.4. The molecular formula is C15H12FNOS. The summed E-state index contributed by atoms with van der Waals surface area (Å²) in [4.78, 5) is 0.611. The molecule has 0 atom stereocenters. The third-order valence-electron chi connectivity index (χ3n) is 2.44. The highest BCUT2D eigenvalue weighted by Gasteiger charge is 2.03. The van der Waals surface area contributed by atoms with Crippen molar-refractivity contribution < 1.29 is 9.13 Å². The maximum Gasteiger partial charge on any atom is 0.137 e. The monoisotopic (exact) mass is 273 g/mol. The fourth-order valence-corrected chi connectivity index (χ4v) is 2.32. The topological polar surface area (TPSA) is 33.0 Å². The lowest BCUT2D eigenvalue weighted by molar-refractivity contribution is 0.343. The van der Waals surface area contributed by atoms with Crippen molar-refractivity contribution in [1.29, 1.82) is 5.26 Å². The van der Waals surface area contributed by atoms with Crippen molar-refractivity contribution in [3.63, 3.8) is 0 Å². The molecule has 0 N–H and O–H groups in total. The molecule has 0 saturated heterocycles. The minimum Gasteiger partial charge on any atom is -0.491 e. The van der Waals surface area contributed by atoms with Crippen LogP contribution < -0.4 is 4.74 Å². The second kappa shape index (κ2) is 6.81. The number of thioether (sulfide) groups is 1. The van der Waals surface area contributed by atoms with E-state index in [1.807, 2.05) is 6.07 Å². The van der Waals surface area contributed by atoms with E-state index in [1.54, 1.807) is 36.4 Å². The molecule has 19 heavy (non-hydrogen) atoms. The van der Waals surface area contributed by atoms with Crippen LogP contribution in [0.15, 0.2) is 53.4 Å². The molecule has 2 aromatic carbocycles. The minimum absolute atomic E-state index is 0.218. The van der Waals surface area contributed by atoms with Gasteiger partial charge in [-0.2, -0.15) is 5.26 Å². The standard InChI is InChI=1S/C15H12FNOS/c16-13-6-2-4-8-15(13)19-10-9-18-14-7-3-1-5-12(14)11-17/h1-8H,9-10H2. The van der Waals surface area contributed by atoms with Crippen molar-refractivity contribution in [3.8, 4) is 11.8 Å². The highest BCUT2D eigenvalue weighted by atomic mass is 32.2. The highest BCUT2D eigenvalue weighted by molar-refractivity contribution is 7.99. The normalized spacial score (nSPS) is 9.89. The van der Waals surface area contributed by atoms with Gasteiger partial charge in [-0.3, -0.25) is 0 Å². The number of benzene rings is 2. The summed E-state index contributed by atoms with van der Waals surface area (Å²) < 4.78 is 18.9. The van der Waals surface area contributed by atoms with Crippen molar-refractivity contribution in [2.45, 2.75) is 4.90 Å². The molecule has 0 saturated carbocycles. The number of para-hydroxylation sites is 1. The Morgan fingerprint density at radius 1 is 1.11 bits per heavy atom. The van der Waals surface area contributed by atoms with Gasteiger partial charge in [0.1, 0.15) is 17.6 Å². The second-order valence-corrected chi connectivity index (χ2v) is 4.87. The van der Waals surface area contributed by atoms with Gasteiger partial charge in [-0.15, -0.1) is 11.8 Å². The zero-order valence-electron chi connectivity index (χ0n) is 10.2. The van der Waals surface area contributed by atoms with E-state index in [-0.39, 0.29) is 5.82 Å². The van der Waals surface area contributed by atoms with Gasteiger partial charge in [0.2, 0.25) is 0 Å². The van der Waals surface area contributed by atoms with Crippen LogP contribution in [-0.4, -0.2) is 12.4 Å². The van der Waals surface area contributed by atoms with E-state index in [2.05, 4.69) is 6.07 Å². The van der Waals surface area contributed by atoms with E-state index in [9.17, 15) is 4.39 Å². The molecule has 0 aromatic heterocycles. The zero-order chi connectivity index (χ0) is 13.5. The van der Waals surface area contributed by atoms with E-state index in [4.69, 9.17) is 10.00 Å². The Kier molecular flexibility index (Phi) is 4.82. The molecule has 2 nitrogen and oxygen atoms in total.